The quantitative estimate of drug-likeness (QED) is 0.232. The third-order valence-electron chi connectivity index (χ3n) is 5.12. The minimum atomic E-state index is -3.62. The van der Waals surface area contributed by atoms with Gasteiger partial charge in [-0.15, -0.1) is 9.60 Å². The molecule has 8 nitrogen and oxygen atoms in total. The molecule has 11 heteroatoms. The molecule has 0 bridgehead atoms. The summed E-state index contributed by atoms with van der Waals surface area (Å²) in [6, 6.07) is 15.5. The first-order valence-electron chi connectivity index (χ1n) is 10.9. The number of hydrogen-bond donors (Lipinski definition) is 2. The monoisotopic (exact) mass is 556 g/mol. The zero-order valence-electron chi connectivity index (χ0n) is 19.4. The van der Waals surface area contributed by atoms with E-state index in [4.69, 9.17) is 4.74 Å². The van der Waals surface area contributed by atoms with E-state index >= 15 is 0 Å². The number of ether oxygens (including phenoxy) is 1. The van der Waals surface area contributed by atoms with E-state index in [9.17, 15) is 17.7 Å². The predicted molar refractivity (Wildman–Crippen MR) is 132 cm³/mol. The molecule has 1 fully saturated rings. The van der Waals surface area contributed by atoms with Crippen LogP contribution in [0.4, 0.5) is 9.28 Å². The first kappa shape index (κ1) is 26.6. The molecule has 2 aromatic rings. The van der Waals surface area contributed by atoms with Crippen molar-refractivity contribution in [3.05, 3.63) is 71.3 Å². The van der Waals surface area contributed by atoms with Crippen molar-refractivity contribution in [2.24, 2.45) is 0 Å². The Bertz CT molecular complexity index is 1080. The van der Waals surface area contributed by atoms with Crippen LogP contribution in [0.2, 0.25) is 0 Å². The summed E-state index contributed by atoms with van der Waals surface area (Å²) in [6.07, 6.45) is -0.540. The van der Waals surface area contributed by atoms with Crippen molar-refractivity contribution < 1.29 is 22.4 Å². The molecular formula is C23H30BrFN4O4S. The number of hydrogen-bond acceptors (Lipinski definition) is 6. The first-order valence-corrected chi connectivity index (χ1v) is 13.4. The highest BCUT2D eigenvalue weighted by Crippen LogP contribution is 2.33. The van der Waals surface area contributed by atoms with Crippen molar-refractivity contribution in [1.29, 1.82) is 0 Å². The van der Waals surface area contributed by atoms with Crippen molar-refractivity contribution in [3.8, 4) is 0 Å². The molecule has 34 heavy (non-hydrogen) atoms. The number of piperazine rings is 1. The number of rotatable bonds is 7. The Morgan fingerprint density at radius 1 is 1.12 bits per heavy atom. The van der Waals surface area contributed by atoms with Gasteiger partial charge in [-0.25, -0.2) is 18.6 Å². The Hall–Kier alpha value is -2.05. The summed E-state index contributed by atoms with van der Waals surface area (Å²) in [4.78, 5) is 16.1. The fraction of sp³-hybridized carbons (Fsp3) is 0.435. The summed E-state index contributed by atoms with van der Waals surface area (Å²) >= 11 is 3.26. The largest absolute Gasteiger partial charge is 0.444 e. The normalized spacial score (nSPS) is 19.7. The van der Waals surface area contributed by atoms with Crippen molar-refractivity contribution in [2.75, 3.05) is 13.1 Å². The molecule has 0 radical (unpaired) electrons. The molecule has 0 aliphatic carbocycles. The van der Waals surface area contributed by atoms with Crippen LogP contribution >= 0.6 is 15.9 Å². The zero-order valence-corrected chi connectivity index (χ0v) is 21.8. The highest BCUT2D eigenvalue weighted by Gasteiger charge is 2.39. The van der Waals surface area contributed by atoms with Gasteiger partial charge in [-0.05, 0) is 37.5 Å². The van der Waals surface area contributed by atoms with E-state index in [1.807, 2.05) is 12.1 Å². The van der Waals surface area contributed by atoms with E-state index < -0.39 is 32.7 Å². The third kappa shape index (κ3) is 7.47. The molecule has 2 aromatic carbocycles. The van der Waals surface area contributed by atoms with Crippen LogP contribution in [0, 0.1) is 0 Å². The molecular weight excluding hydrogens is 527 g/mol. The van der Waals surface area contributed by atoms with Crippen LogP contribution in [0.5, 0.6) is 0 Å². The Morgan fingerprint density at radius 3 is 2.44 bits per heavy atom. The number of sulfonamides is 1. The van der Waals surface area contributed by atoms with Gasteiger partial charge in [0.25, 0.3) is 0 Å². The lowest BCUT2D eigenvalue weighted by molar-refractivity contribution is -0.0664. The van der Waals surface area contributed by atoms with E-state index in [0.29, 0.717) is 16.2 Å². The van der Waals surface area contributed by atoms with Crippen molar-refractivity contribution in [2.45, 2.75) is 49.7 Å². The fourth-order valence-electron chi connectivity index (χ4n) is 3.64. The highest BCUT2D eigenvalue weighted by molar-refractivity contribution is 9.09. The average molecular weight is 557 g/mol. The summed E-state index contributed by atoms with van der Waals surface area (Å²) < 4.78 is 44.9. The van der Waals surface area contributed by atoms with E-state index in [1.165, 1.54) is 4.90 Å². The maximum Gasteiger partial charge on any atom is 0.410 e. The molecule has 0 spiro atoms. The Kier molecular flexibility index (Phi) is 8.69. The number of nitrogens with zero attached hydrogens (tertiary/aromatic N) is 2. The summed E-state index contributed by atoms with van der Waals surface area (Å²) in [7, 11) is -3.62. The number of nitrogens with one attached hydrogen (secondary N) is 2. The van der Waals surface area contributed by atoms with Crippen LogP contribution < -0.4 is 10.3 Å². The highest BCUT2D eigenvalue weighted by atomic mass is 79.9. The molecule has 2 unspecified atom stereocenters. The molecule has 3 rings (SSSR count). The number of amides is 1. The van der Waals surface area contributed by atoms with Gasteiger partial charge in [0.1, 0.15) is 10.6 Å². The molecule has 186 valence electrons. The number of hydrazine groups is 1. The zero-order chi connectivity index (χ0) is 24.9. The number of alkyl halides is 1. The summed E-state index contributed by atoms with van der Waals surface area (Å²) in [5.74, 6) is -0.166. The lowest BCUT2D eigenvalue weighted by atomic mass is 9.97. The van der Waals surface area contributed by atoms with E-state index in [-0.39, 0.29) is 25.4 Å². The minimum absolute atomic E-state index is 0.0636. The van der Waals surface area contributed by atoms with Gasteiger partial charge in [0.05, 0.1) is 24.9 Å². The molecule has 1 heterocycles. The van der Waals surface area contributed by atoms with Gasteiger partial charge in [-0.1, -0.05) is 70.5 Å². The fourth-order valence-corrected chi connectivity index (χ4v) is 5.11. The smallest absolute Gasteiger partial charge is 0.410 e. The lowest BCUT2D eigenvalue weighted by Crippen LogP contribution is -2.52. The maximum absolute atomic E-state index is 14.5. The molecule has 2 atom stereocenters. The second-order valence-electron chi connectivity index (χ2n) is 9.06. The molecule has 1 saturated heterocycles. The van der Waals surface area contributed by atoms with E-state index in [0.717, 1.165) is 5.56 Å². The molecule has 1 aliphatic rings. The molecule has 0 saturated carbocycles. The second kappa shape index (κ2) is 11.1. The van der Waals surface area contributed by atoms with E-state index in [2.05, 4.69) is 26.2 Å². The number of benzene rings is 2. The summed E-state index contributed by atoms with van der Waals surface area (Å²) in [5.41, 5.74) is 4.15. The number of carbonyl (C=O) groups excluding carboxylic acids is 1. The van der Waals surface area contributed by atoms with Gasteiger partial charge < -0.3 is 4.74 Å². The van der Waals surface area contributed by atoms with E-state index in [1.54, 1.807) is 63.2 Å². The van der Waals surface area contributed by atoms with Gasteiger partial charge in [-0.2, -0.15) is 4.83 Å². The maximum atomic E-state index is 14.5. The molecule has 1 aliphatic heterocycles. The van der Waals surface area contributed by atoms with Crippen molar-refractivity contribution in [1.82, 2.24) is 20.3 Å². The van der Waals surface area contributed by atoms with Crippen LogP contribution in [-0.2, 0) is 27.1 Å². The van der Waals surface area contributed by atoms with Gasteiger partial charge >= 0.3 is 6.09 Å². The van der Waals surface area contributed by atoms with Crippen molar-refractivity contribution in [3.63, 3.8) is 0 Å². The van der Waals surface area contributed by atoms with Gasteiger partial charge in [0.2, 0.25) is 10.0 Å². The van der Waals surface area contributed by atoms with Crippen LogP contribution in [0.1, 0.15) is 43.5 Å². The van der Waals surface area contributed by atoms with Crippen LogP contribution in [0.15, 0.2) is 54.6 Å². The Morgan fingerprint density at radius 2 is 1.76 bits per heavy atom. The third-order valence-corrected chi connectivity index (χ3v) is 7.03. The minimum Gasteiger partial charge on any atom is -0.444 e. The Balaban J connectivity index is 1.75. The number of halogens is 2. The van der Waals surface area contributed by atoms with Gasteiger partial charge in [-0.3, -0.25) is 4.90 Å². The van der Waals surface area contributed by atoms with Crippen LogP contribution in [0.25, 0.3) is 0 Å². The Labute approximate surface area is 208 Å². The van der Waals surface area contributed by atoms with Crippen LogP contribution in [-0.4, -0.2) is 48.2 Å². The standard InChI is InChI=1S/C23H30BrFN4O4S/c1-23(2,3)33-22(30)28-15-21(24)29(25)14-20(28)19-12-8-7-11-18(19)13-26-27-34(31,32)16-17-9-5-4-6-10-17/h4-12,20-21,26-27H,13-16H2,1-3H3. The topological polar surface area (TPSA) is 91.0 Å². The summed E-state index contributed by atoms with van der Waals surface area (Å²) in [5, 5.41) is 0.637. The predicted octanol–water partition coefficient (Wildman–Crippen LogP) is 4.01. The molecule has 2 N–H and O–H groups in total. The SMILES string of the molecule is CC(C)(C)OC(=O)N1CC(Br)N(F)CC1c1ccccc1CNNS(=O)(=O)Cc1ccccc1. The summed E-state index contributed by atoms with van der Waals surface area (Å²) in [6.45, 7) is 5.49. The average Bonchev–Trinajstić information content (AvgIpc) is 2.75. The van der Waals surface area contributed by atoms with Crippen molar-refractivity contribution >= 4 is 32.0 Å². The first-order chi connectivity index (χ1) is 16.0. The molecule has 1 amide bonds. The molecule has 0 aromatic heterocycles. The second-order valence-corrected chi connectivity index (χ2v) is 11.8. The lowest BCUT2D eigenvalue weighted by Gasteiger charge is -2.41. The van der Waals surface area contributed by atoms with Crippen LogP contribution in [0.3, 0.4) is 0 Å². The van der Waals surface area contributed by atoms with Gasteiger partial charge in [0, 0.05) is 6.54 Å². The van der Waals surface area contributed by atoms with Gasteiger partial charge in [0.15, 0.2) is 0 Å². The number of carbonyl (C=O) groups is 1.